The molecule has 5 rings (SSSR count). The molecular weight excluding hydrogens is 434 g/mol. The van der Waals surface area contributed by atoms with Crippen molar-refractivity contribution in [2.45, 2.75) is 38.6 Å². The predicted octanol–water partition coefficient (Wildman–Crippen LogP) is 3.12. The van der Waals surface area contributed by atoms with Gasteiger partial charge in [-0.3, -0.25) is 9.67 Å². The van der Waals surface area contributed by atoms with Crippen molar-refractivity contribution in [3.8, 4) is 17.0 Å². The number of hydrogen-bond donors (Lipinski definition) is 1. The zero-order valence-corrected chi connectivity index (χ0v) is 19.5. The lowest BCUT2D eigenvalue weighted by atomic mass is 9.82. The van der Waals surface area contributed by atoms with Crippen molar-refractivity contribution in [1.82, 2.24) is 25.0 Å². The molecule has 1 unspecified atom stereocenters. The molecule has 1 aromatic carbocycles. The van der Waals surface area contributed by atoms with Gasteiger partial charge in [-0.15, -0.1) is 0 Å². The van der Waals surface area contributed by atoms with Crippen molar-refractivity contribution in [3.05, 3.63) is 42.2 Å². The summed E-state index contributed by atoms with van der Waals surface area (Å²) < 4.78 is 12.6. The molecule has 2 aliphatic heterocycles. The van der Waals surface area contributed by atoms with Gasteiger partial charge in [-0.1, -0.05) is 0 Å². The number of nitrogens with one attached hydrogen (secondary N) is 1. The number of hydrogen-bond acceptors (Lipinski definition) is 6. The average molecular weight is 464 g/mol. The number of pyridine rings is 1. The van der Waals surface area contributed by atoms with Gasteiger partial charge in [0.1, 0.15) is 5.75 Å². The maximum Gasteiger partial charge on any atom is 0.344 e. The van der Waals surface area contributed by atoms with E-state index in [0.717, 1.165) is 54.6 Å². The lowest BCUT2D eigenvalue weighted by molar-refractivity contribution is -0.145. The lowest BCUT2D eigenvalue weighted by Gasteiger charge is -2.23. The highest BCUT2D eigenvalue weighted by molar-refractivity contribution is 5.84. The zero-order valence-electron chi connectivity index (χ0n) is 19.5. The third kappa shape index (κ3) is 4.06. The van der Waals surface area contributed by atoms with E-state index in [0.29, 0.717) is 18.9 Å². The van der Waals surface area contributed by atoms with E-state index in [1.807, 2.05) is 36.2 Å². The van der Waals surface area contributed by atoms with Crippen LogP contribution in [0.15, 0.2) is 36.5 Å². The Labute approximate surface area is 198 Å². The second-order valence-corrected chi connectivity index (χ2v) is 8.85. The molecule has 3 aromatic rings. The number of likely N-dealkylation sites (tertiary alicyclic amines) is 1. The van der Waals surface area contributed by atoms with E-state index >= 15 is 0 Å². The molecule has 1 saturated heterocycles. The number of carbonyl (C=O) groups is 2. The Morgan fingerprint density at radius 3 is 2.82 bits per heavy atom. The molecule has 0 saturated carbocycles. The van der Waals surface area contributed by atoms with Gasteiger partial charge in [0.2, 0.25) is 0 Å². The normalized spacial score (nSPS) is 18.9. The van der Waals surface area contributed by atoms with Crippen molar-refractivity contribution in [2.24, 2.45) is 0 Å². The summed E-state index contributed by atoms with van der Waals surface area (Å²) in [6.07, 6.45) is 3.79. The predicted molar refractivity (Wildman–Crippen MR) is 127 cm³/mol. The Balaban J connectivity index is 1.37. The SMILES string of the molecule is CCNC(=O)N1CCC2(CCn3nc(-c4cnc5ccc(OCC(=O)OCC)cc5c4)cc32)C1. The van der Waals surface area contributed by atoms with Crippen LogP contribution in [-0.4, -0.2) is 64.5 Å². The van der Waals surface area contributed by atoms with Crippen molar-refractivity contribution in [2.75, 3.05) is 32.8 Å². The van der Waals surface area contributed by atoms with Crippen molar-refractivity contribution < 1.29 is 19.1 Å². The van der Waals surface area contributed by atoms with E-state index in [9.17, 15) is 9.59 Å². The first kappa shape index (κ1) is 22.2. The van der Waals surface area contributed by atoms with Crippen LogP contribution in [0, 0.1) is 0 Å². The van der Waals surface area contributed by atoms with Gasteiger partial charge >= 0.3 is 12.0 Å². The van der Waals surface area contributed by atoms with Gasteiger partial charge in [-0.2, -0.15) is 5.10 Å². The highest BCUT2D eigenvalue weighted by Crippen LogP contribution is 2.43. The molecule has 1 N–H and O–H groups in total. The number of benzene rings is 1. The van der Waals surface area contributed by atoms with Crippen LogP contribution in [0.2, 0.25) is 0 Å². The fourth-order valence-electron chi connectivity index (χ4n) is 5.01. The van der Waals surface area contributed by atoms with Crippen LogP contribution in [0.25, 0.3) is 22.2 Å². The molecule has 4 heterocycles. The summed E-state index contributed by atoms with van der Waals surface area (Å²) in [4.78, 5) is 30.4. The van der Waals surface area contributed by atoms with Crippen LogP contribution < -0.4 is 10.1 Å². The smallest absolute Gasteiger partial charge is 0.344 e. The highest BCUT2D eigenvalue weighted by Gasteiger charge is 2.46. The standard InChI is InChI=1S/C25H29N5O4/c1-3-26-24(32)29-9-7-25(16-29)8-10-30-22(25)13-21(28-30)18-11-17-12-19(5-6-20(17)27-14-18)34-15-23(31)33-4-2/h5-6,11-14H,3-4,7-10,15-16H2,1-2H3,(H,26,32). The van der Waals surface area contributed by atoms with Gasteiger partial charge in [0.25, 0.3) is 0 Å². The quantitative estimate of drug-likeness (QED) is 0.564. The molecule has 0 aliphatic carbocycles. The summed E-state index contributed by atoms with van der Waals surface area (Å²) in [5, 5.41) is 8.68. The van der Waals surface area contributed by atoms with E-state index in [4.69, 9.17) is 14.6 Å². The molecule has 2 aromatic heterocycles. The molecule has 1 fully saturated rings. The number of aromatic nitrogens is 3. The third-order valence-corrected chi connectivity index (χ3v) is 6.70. The minimum atomic E-state index is -0.395. The molecule has 2 amide bonds. The molecule has 1 atom stereocenters. The summed E-state index contributed by atoms with van der Waals surface area (Å²) in [6.45, 7) is 6.87. The maximum absolute atomic E-state index is 12.3. The number of nitrogens with zero attached hydrogens (tertiary/aromatic N) is 4. The summed E-state index contributed by atoms with van der Waals surface area (Å²) >= 11 is 0. The third-order valence-electron chi connectivity index (χ3n) is 6.70. The Morgan fingerprint density at radius 2 is 2.00 bits per heavy atom. The van der Waals surface area contributed by atoms with Crippen molar-refractivity contribution in [3.63, 3.8) is 0 Å². The van der Waals surface area contributed by atoms with Gasteiger partial charge in [0.05, 0.1) is 17.8 Å². The van der Waals surface area contributed by atoms with E-state index in [-0.39, 0.29) is 18.1 Å². The van der Waals surface area contributed by atoms with Crippen molar-refractivity contribution >= 4 is 22.9 Å². The van der Waals surface area contributed by atoms with Gasteiger partial charge in [0, 0.05) is 54.4 Å². The number of rotatable bonds is 6. The molecule has 2 aliphatic rings. The molecule has 9 nitrogen and oxygen atoms in total. The minimum absolute atomic E-state index is 0.0114. The second-order valence-electron chi connectivity index (χ2n) is 8.85. The number of aryl methyl sites for hydroxylation is 1. The fraction of sp³-hybridized carbons (Fsp3) is 0.440. The Morgan fingerprint density at radius 1 is 1.15 bits per heavy atom. The van der Waals surface area contributed by atoms with Gasteiger partial charge in [0.15, 0.2) is 6.61 Å². The van der Waals surface area contributed by atoms with Crippen LogP contribution in [0.4, 0.5) is 4.79 Å². The highest BCUT2D eigenvalue weighted by atomic mass is 16.6. The topological polar surface area (TPSA) is 98.6 Å². The van der Waals surface area contributed by atoms with E-state index in [1.165, 1.54) is 5.69 Å². The number of esters is 1. The van der Waals surface area contributed by atoms with Gasteiger partial charge < -0.3 is 19.7 Å². The first-order chi connectivity index (χ1) is 16.5. The van der Waals surface area contributed by atoms with Crippen LogP contribution in [-0.2, 0) is 21.5 Å². The first-order valence-electron chi connectivity index (χ1n) is 11.8. The molecule has 34 heavy (non-hydrogen) atoms. The Kier molecular flexibility index (Phi) is 5.85. The number of carbonyl (C=O) groups excluding carboxylic acids is 2. The first-order valence-corrected chi connectivity index (χ1v) is 11.8. The summed E-state index contributed by atoms with van der Waals surface area (Å²) in [5.74, 6) is 0.191. The molecule has 1 spiro atoms. The average Bonchev–Trinajstić information content (AvgIpc) is 3.54. The van der Waals surface area contributed by atoms with Crippen LogP contribution >= 0.6 is 0 Å². The van der Waals surface area contributed by atoms with Gasteiger partial charge in [-0.05, 0) is 57.0 Å². The van der Waals surface area contributed by atoms with Crippen LogP contribution in [0.1, 0.15) is 32.4 Å². The lowest BCUT2D eigenvalue weighted by Crippen LogP contribution is -2.40. The molecular formula is C25H29N5O4. The summed E-state index contributed by atoms with van der Waals surface area (Å²) in [5.41, 5.74) is 3.79. The van der Waals surface area contributed by atoms with Crippen LogP contribution in [0.5, 0.6) is 5.75 Å². The second kappa shape index (κ2) is 8.96. The summed E-state index contributed by atoms with van der Waals surface area (Å²) in [7, 11) is 0. The largest absolute Gasteiger partial charge is 0.482 e. The molecule has 0 bridgehead atoms. The van der Waals surface area contributed by atoms with Gasteiger partial charge in [-0.25, -0.2) is 9.59 Å². The maximum atomic E-state index is 12.3. The van der Waals surface area contributed by atoms with E-state index < -0.39 is 5.97 Å². The zero-order chi connectivity index (χ0) is 23.7. The molecule has 9 heteroatoms. The number of fused-ring (bicyclic) bond motifs is 3. The number of ether oxygens (including phenoxy) is 2. The number of urea groups is 1. The Hall–Kier alpha value is -3.62. The Bertz CT molecular complexity index is 1240. The fourth-order valence-corrected chi connectivity index (χ4v) is 5.01. The molecule has 0 radical (unpaired) electrons. The van der Waals surface area contributed by atoms with Crippen LogP contribution in [0.3, 0.4) is 0 Å². The van der Waals surface area contributed by atoms with E-state index in [1.54, 1.807) is 13.0 Å². The summed E-state index contributed by atoms with van der Waals surface area (Å²) in [6, 6.07) is 9.74. The van der Waals surface area contributed by atoms with Crippen molar-refractivity contribution in [1.29, 1.82) is 0 Å². The minimum Gasteiger partial charge on any atom is -0.482 e. The van der Waals surface area contributed by atoms with E-state index in [2.05, 4.69) is 21.0 Å². The monoisotopic (exact) mass is 463 g/mol. The molecule has 178 valence electrons. The number of amides is 2.